The summed E-state index contributed by atoms with van der Waals surface area (Å²) in [5, 5.41) is 10.7. The molecule has 1 N–H and O–H groups in total. The summed E-state index contributed by atoms with van der Waals surface area (Å²) < 4.78 is 5.42. The molecule has 8 atom stereocenters. The SMILES string of the molecule is CC[C@H]1CC[C@H]2[C@@H]3CC=C4CC(OC(C)=O)C(O)C[C@]4(C)[C@H]3CC[C@]12C. The smallest absolute Gasteiger partial charge is 0.303 e. The fourth-order valence-corrected chi connectivity index (χ4v) is 7.79. The maximum Gasteiger partial charge on any atom is 0.303 e. The number of esters is 1. The molecule has 3 heteroatoms. The van der Waals surface area contributed by atoms with E-state index < -0.39 is 6.10 Å². The lowest BCUT2D eigenvalue weighted by atomic mass is 9.47. The second-order valence-electron chi connectivity index (χ2n) is 10.1. The number of hydrogen-bond donors (Lipinski definition) is 1. The van der Waals surface area contributed by atoms with Crippen molar-refractivity contribution in [1.29, 1.82) is 0 Å². The van der Waals surface area contributed by atoms with Gasteiger partial charge in [-0.05, 0) is 73.0 Å². The molecule has 3 saturated carbocycles. The topological polar surface area (TPSA) is 46.5 Å². The number of allylic oxidation sites excluding steroid dienone is 1. The van der Waals surface area contributed by atoms with E-state index in [0.717, 1.165) is 30.6 Å². The van der Waals surface area contributed by atoms with E-state index in [9.17, 15) is 9.90 Å². The van der Waals surface area contributed by atoms with E-state index >= 15 is 0 Å². The first kappa shape index (κ1) is 18.5. The van der Waals surface area contributed by atoms with Gasteiger partial charge in [-0.3, -0.25) is 4.79 Å². The van der Waals surface area contributed by atoms with Gasteiger partial charge in [-0.2, -0.15) is 0 Å². The van der Waals surface area contributed by atoms with Gasteiger partial charge < -0.3 is 9.84 Å². The van der Waals surface area contributed by atoms with Crippen LogP contribution in [-0.4, -0.2) is 23.3 Å². The summed E-state index contributed by atoms with van der Waals surface area (Å²) in [5.74, 6) is 2.93. The second-order valence-corrected chi connectivity index (χ2v) is 10.1. The summed E-state index contributed by atoms with van der Waals surface area (Å²) in [5.41, 5.74) is 2.07. The van der Waals surface area contributed by atoms with Crippen LogP contribution in [0.15, 0.2) is 11.6 Å². The Hall–Kier alpha value is -0.830. The largest absolute Gasteiger partial charge is 0.459 e. The maximum atomic E-state index is 11.4. The number of aliphatic hydroxyl groups is 1. The zero-order valence-corrected chi connectivity index (χ0v) is 17.0. The molecule has 0 bridgehead atoms. The van der Waals surface area contributed by atoms with Crippen LogP contribution in [0.1, 0.15) is 79.1 Å². The molecule has 4 aliphatic carbocycles. The number of carbonyl (C=O) groups is 1. The Balaban J connectivity index is 1.61. The first-order valence-corrected chi connectivity index (χ1v) is 10.8. The van der Waals surface area contributed by atoms with Crippen LogP contribution < -0.4 is 0 Å². The zero-order valence-electron chi connectivity index (χ0n) is 17.0. The predicted octanol–water partition coefficient (Wildman–Crippen LogP) is 4.88. The molecule has 3 nitrogen and oxygen atoms in total. The van der Waals surface area contributed by atoms with Crippen molar-refractivity contribution in [2.45, 2.75) is 91.3 Å². The van der Waals surface area contributed by atoms with Crippen molar-refractivity contribution in [1.82, 2.24) is 0 Å². The van der Waals surface area contributed by atoms with Crippen LogP contribution in [0.4, 0.5) is 0 Å². The van der Waals surface area contributed by atoms with Crippen molar-refractivity contribution in [2.24, 2.45) is 34.5 Å². The van der Waals surface area contributed by atoms with Gasteiger partial charge in [0.05, 0.1) is 6.10 Å². The molecule has 146 valence electrons. The molecule has 0 radical (unpaired) electrons. The average Bonchev–Trinajstić information content (AvgIpc) is 2.91. The third kappa shape index (κ3) is 2.60. The fourth-order valence-electron chi connectivity index (χ4n) is 7.79. The minimum atomic E-state index is -0.528. The molecule has 0 saturated heterocycles. The van der Waals surface area contributed by atoms with Gasteiger partial charge in [0.1, 0.15) is 6.10 Å². The molecule has 0 heterocycles. The van der Waals surface area contributed by atoms with Gasteiger partial charge in [-0.25, -0.2) is 0 Å². The van der Waals surface area contributed by atoms with Crippen LogP contribution in [0.5, 0.6) is 0 Å². The minimum Gasteiger partial charge on any atom is -0.459 e. The number of rotatable bonds is 2. The Labute approximate surface area is 158 Å². The van der Waals surface area contributed by atoms with Crippen LogP contribution in [0, 0.1) is 34.5 Å². The van der Waals surface area contributed by atoms with Gasteiger partial charge in [0, 0.05) is 13.3 Å². The van der Waals surface area contributed by atoms with Gasteiger partial charge in [0.25, 0.3) is 0 Å². The molecule has 0 aliphatic heterocycles. The molecule has 4 rings (SSSR count). The third-order valence-corrected chi connectivity index (χ3v) is 9.12. The van der Waals surface area contributed by atoms with Gasteiger partial charge in [0.2, 0.25) is 0 Å². The van der Waals surface area contributed by atoms with Crippen molar-refractivity contribution in [3.05, 3.63) is 11.6 Å². The fraction of sp³-hybridized carbons (Fsp3) is 0.870. The summed E-state index contributed by atoms with van der Waals surface area (Å²) >= 11 is 0. The van der Waals surface area contributed by atoms with E-state index in [1.165, 1.54) is 51.0 Å². The number of aliphatic hydroxyl groups excluding tert-OH is 1. The average molecular weight is 361 g/mol. The minimum absolute atomic E-state index is 0.0879. The van der Waals surface area contributed by atoms with E-state index in [-0.39, 0.29) is 17.5 Å². The van der Waals surface area contributed by atoms with E-state index in [2.05, 4.69) is 26.8 Å². The van der Waals surface area contributed by atoms with Crippen LogP contribution in [0.25, 0.3) is 0 Å². The lowest BCUT2D eigenvalue weighted by Crippen LogP contribution is -2.53. The molecule has 0 amide bonds. The Morgan fingerprint density at radius 3 is 2.73 bits per heavy atom. The molecule has 0 aromatic carbocycles. The van der Waals surface area contributed by atoms with Crippen molar-refractivity contribution >= 4 is 5.97 Å². The highest BCUT2D eigenvalue weighted by Gasteiger charge is 2.59. The summed E-state index contributed by atoms with van der Waals surface area (Å²) in [6.07, 6.45) is 11.0. The molecule has 4 aliphatic rings. The summed E-state index contributed by atoms with van der Waals surface area (Å²) in [6.45, 7) is 8.77. The maximum absolute atomic E-state index is 11.4. The first-order chi connectivity index (χ1) is 12.3. The summed E-state index contributed by atoms with van der Waals surface area (Å²) in [4.78, 5) is 11.4. The van der Waals surface area contributed by atoms with E-state index in [1.54, 1.807) is 0 Å². The number of ether oxygens (including phenoxy) is 1. The summed E-state index contributed by atoms with van der Waals surface area (Å²) in [6, 6.07) is 0. The van der Waals surface area contributed by atoms with Gasteiger partial charge in [0.15, 0.2) is 0 Å². The lowest BCUT2D eigenvalue weighted by Gasteiger charge is -2.58. The van der Waals surface area contributed by atoms with Crippen LogP contribution in [-0.2, 0) is 9.53 Å². The molecule has 3 fully saturated rings. The molecular formula is C23H36O3. The number of hydrogen-bond acceptors (Lipinski definition) is 3. The molecule has 0 aromatic heterocycles. The highest BCUT2D eigenvalue weighted by Crippen LogP contribution is 2.66. The standard InChI is InChI=1S/C23H36O3/c1-5-15-7-9-18-17-8-6-16-12-21(26-14(2)24)20(25)13-23(16,4)19(17)10-11-22(15,18)3/h6,15,17-21,25H,5,7-13H2,1-4H3/t15-,17-,18-,19-,20?,21?,22+,23-/m0/s1. The van der Waals surface area contributed by atoms with Gasteiger partial charge >= 0.3 is 5.97 Å². The quantitative estimate of drug-likeness (QED) is 0.564. The van der Waals surface area contributed by atoms with Crippen molar-refractivity contribution in [2.75, 3.05) is 0 Å². The highest BCUT2D eigenvalue weighted by molar-refractivity contribution is 5.66. The molecule has 26 heavy (non-hydrogen) atoms. The first-order valence-electron chi connectivity index (χ1n) is 10.8. The lowest BCUT2D eigenvalue weighted by molar-refractivity contribution is -0.158. The van der Waals surface area contributed by atoms with Crippen LogP contribution in [0.2, 0.25) is 0 Å². The third-order valence-electron chi connectivity index (χ3n) is 9.12. The van der Waals surface area contributed by atoms with Crippen molar-refractivity contribution < 1.29 is 14.6 Å². The van der Waals surface area contributed by atoms with Gasteiger partial charge in [-0.1, -0.05) is 38.8 Å². The Morgan fingerprint density at radius 1 is 1.27 bits per heavy atom. The molecule has 2 unspecified atom stereocenters. The number of fused-ring (bicyclic) bond motifs is 5. The Bertz CT molecular complexity index is 611. The monoisotopic (exact) mass is 360 g/mol. The van der Waals surface area contributed by atoms with E-state index in [0.29, 0.717) is 11.3 Å². The van der Waals surface area contributed by atoms with Crippen molar-refractivity contribution in [3.8, 4) is 0 Å². The second kappa shape index (κ2) is 6.36. The van der Waals surface area contributed by atoms with Crippen molar-refractivity contribution in [3.63, 3.8) is 0 Å². The van der Waals surface area contributed by atoms with Crippen LogP contribution >= 0.6 is 0 Å². The summed E-state index contributed by atoms with van der Waals surface area (Å²) in [7, 11) is 0. The van der Waals surface area contributed by atoms with E-state index in [4.69, 9.17) is 4.74 Å². The van der Waals surface area contributed by atoms with Crippen LogP contribution in [0.3, 0.4) is 0 Å². The molecular weight excluding hydrogens is 324 g/mol. The molecule has 0 aromatic rings. The molecule has 0 spiro atoms. The predicted molar refractivity (Wildman–Crippen MR) is 102 cm³/mol. The van der Waals surface area contributed by atoms with E-state index in [1.807, 2.05) is 0 Å². The Morgan fingerprint density at radius 2 is 2.04 bits per heavy atom. The zero-order chi connectivity index (χ0) is 18.7. The van der Waals surface area contributed by atoms with Gasteiger partial charge in [-0.15, -0.1) is 0 Å². The Kier molecular flexibility index (Phi) is 4.53. The highest BCUT2D eigenvalue weighted by atomic mass is 16.6. The number of carbonyl (C=O) groups excluding carboxylic acids is 1. The normalized spacial score (nSPS) is 50.3.